The van der Waals surface area contributed by atoms with Crippen molar-refractivity contribution in [2.24, 2.45) is 0 Å². The van der Waals surface area contributed by atoms with Crippen molar-refractivity contribution in [2.75, 3.05) is 11.1 Å². The van der Waals surface area contributed by atoms with Crippen LogP contribution in [0.25, 0.3) is 0 Å². The number of benzene rings is 1. The predicted molar refractivity (Wildman–Crippen MR) is 63.7 cm³/mol. The largest absolute Gasteiger partial charge is 0.478 e. The van der Waals surface area contributed by atoms with Gasteiger partial charge in [0.15, 0.2) is 0 Å². The van der Waals surface area contributed by atoms with Crippen molar-refractivity contribution in [1.29, 1.82) is 0 Å². The number of aromatic amines is 1. The third-order valence-electron chi connectivity index (χ3n) is 2.37. The van der Waals surface area contributed by atoms with Gasteiger partial charge in [-0.25, -0.2) is 14.2 Å². The first-order chi connectivity index (χ1) is 8.58. The average Bonchev–Trinajstić information content (AvgIpc) is 2.82. The molecule has 0 atom stereocenters. The van der Waals surface area contributed by atoms with Crippen LogP contribution in [0.2, 0.25) is 0 Å². The lowest BCUT2D eigenvalue weighted by Crippen LogP contribution is -2.07. The highest BCUT2D eigenvalue weighted by Crippen LogP contribution is 2.23. The van der Waals surface area contributed by atoms with Gasteiger partial charge in [0.2, 0.25) is 0 Å². The van der Waals surface area contributed by atoms with Gasteiger partial charge in [-0.3, -0.25) is 0 Å². The van der Waals surface area contributed by atoms with E-state index in [1.54, 1.807) is 12.4 Å². The smallest absolute Gasteiger partial charge is 0.338 e. The summed E-state index contributed by atoms with van der Waals surface area (Å²) in [6.07, 6.45) is 3.25. The molecule has 2 aromatic rings. The molecular formula is C11H11FN4O2. The van der Waals surface area contributed by atoms with Crippen LogP contribution in [-0.4, -0.2) is 21.0 Å². The summed E-state index contributed by atoms with van der Waals surface area (Å²) in [5, 5.41) is 11.6. The molecule has 0 aliphatic carbocycles. The molecule has 0 amide bonds. The Labute approximate surface area is 102 Å². The number of anilines is 2. The standard InChI is InChI=1S/C11H11FN4O2/c12-7-4-9(8(13)3-6(7)11(17)18)16-5-10-14-1-2-15-10/h1-4,16H,5,13H2,(H,14,15)(H,17,18). The van der Waals surface area contributed by atoms with E-state index in [2.05, 4.69) is 15.3 Å². The van der Waals surface area contributed by atoms with Gasteiger partial charge in [-0.1, -0.05) is 0 Å². The van der Waals surface area contributed by atoms with Gasteiger partial charge in [0.25, 0.3) is 0 Å². The molecule has 1 aromatic heterocycles. The summed E-state index contributed by atoms with van der Waals surface area (Å²) in [7, 11) is 0. The van der Waals surface area contributed by atoms with Crippen molar-refractivity contribution in [3.63, 3.8) is 0 Å². The van der Waals surface area contributed by atoms with E-state index in [1.807, 2.05) is 0 Å². The molecule has 0 aliphatic rings. The summed E-state index contributed by atoms with van der Waals surface area (Å²) in [6, 6.07) is 2.14. The lowest BCUT2D eigenvalue weighted by Gasteiger charge is -2.09. The highest BCUT2D eigenvalue weighted by molar-refractivity contribution is 5.90. The van der Waals surface area contributed by atoms with E-state index in [9.17, 15) is 9.18 Å². The van der Waals surface area contributed by atoms with Crippen LogP contribution in [0.4, 0.5) is 15.8 Å². The quantitative estimate of drug-likeness (QED) is 0.615. The van der Waals surface area contributed by atoms with E-state index >= 15 is 0 Å². The van der Waals surface area contributed by atoms with Crippen LogP contribution in [-0.2, 0) is 6.54 Å². The molecule has 7 heteroatoms. The topological polar surface area (TPSA) is 104 Å². The van der Waals surface area contributed by atoms with E-state index < -0.39 is 17.3 Å². The second-order valence-corrected chi connectivity index (χ2v) is 3.61. The fraction of sp³-hybridized carbons (Fsp3) is 0.0909. The minimum absolute atomic E-state index is 0.167. The molecule has 2 rings (SSSR count). The monoisotopic (exact) mass is 250 g/mol. The summed E-state index contributed by atoms with van der Waals surface area (Å²) in [5.74, 6) is -1.52. The van der Waals surface area contributed by atoms with Crippen molar-refractivity contribution in [3.8, 4) is 0 Å². The van der Waals surface area contributed by atoms with Crippen LogP contribution in [0.15, 0.2) is 24.5 Å². The van der Waals surface area contributed by atoms with E-state index in [-0.39, 0.29) is 5.69 Å². The summed E-state index contributed by atoms with van der Waals surface area (Å²) in [5.41, 5.74) is 5.69. The second kappa shape index (κ2) is 4.74. The first-order valence-corrected chi connectivity index (χ1v) is 5.12. The molecule has 0 aliphatic heterocycles. The maximum Gasteiger partial charge on any atom is 0.338 e. The molecule has 1 aromatic carbocycles. The number of nitrogen functional groups attached to an aromatic ring is 1. The molecule has 0 fully saturated rings. The Bertz CT molecular complexity index is 569. The predicted octanol–water partition coefficient (Wildman–Crippen LogP) is 1.44. The van der Waals surface area contributed by atoms with Gasteiger partial charge in [0.1, 0.15) is 11.6 Å². The summed E-state index contributed by atoms with van der Waals surface area (Å²) in [6.45, 7) is 0.336. The maximum absolute atomic E-state index is 13.4. The van der Waals surface area contributed by atoms with Crippen LogP contribution in [0.5, 0.6) is 0 Å². The lowest BCUT2D eigenvalue weighted by molar-refractivity contribution is 0.0692. The number of carboxylic acids is 1. The number of rotatable bonds is 4. The van der Waals surface area contributed by atoms with Crippen LogP contribution < -0.4 is 11.1 Å². The van der Waals surface area contributed by atoms with Crippen molar-refractivity contribution in [2.45, 2.75) is 6.54 Å². The Kier molecular flexibility index (Phi) is 3.13. The lowest BCUT2D eigenvalue weighted by atomic mass is 10.1. The zero-order chi connectivity index (χ0) is 13.1. The number of halogens is 1. The molecule has 0 saturated carbocycles. The van der Waals surface area contributed by atoms with Crippen molar-refractivity contribution in [3.05, 3.63) is 41.7 Å². The molecule has 18 heavy (non-hydrogen) atoms. The van der Waals surface area contributed by atoms with E-state index in [1.165, 1.54) is 0 Å². The van der Waals surface area contributed by atoms with Gasteiger partial charge < -0.3 is 21.1 Å². The van der Waals surface area contributed by atoms with Gasteiger partial charge in [-0.05, 0) is 12.1 Å². The molecule has 0 saturated heterocycles. The first kappa shape index (κ1) is 11.9. The van der Waals surface area contributed by atoms with E-state index in [0.717, 1.165) is 12.1 Å². The number of imidazole rings is 1. The Hall–Kier alpha value is -2.57. The molecule has 1 heterocycles. The Morgan fingerprint density at radius 3 is 2.94 bits per heavy atom. The second-order valence-electron chi connectivity index (χ2n) is 3.61. The SMILES string of the molecule is Nc1cc(C(=O)O)c(F)cc1NCc1ncc[nH]1. The third kappa shape index (κ3) is 2.40. The molecule has 0 unspecified atom stereocenters. The number of nitrogens with zero attached hydrogens (tertiary/aromatic N) is 1. The van der Waals surface area contributed by atoms with Gasteiger partial charge in [-0.2, -0.15) is 0 Å². The number of nitrogens with one attached hydrogen (secondary N) is 2. The summed E-state index contributed by atoms with van der Waals surface area (Å²) >= 11 is 0. The number of aromatic nitrogens is 2. The van der Waals surface area contributed by atoms with Gasteiger partial charge >= 0.3 is 5.97 Å². The Morgan fingerprint density at radius 1 is 1.56 bits per heavy atom. The van der Waals surface area contributed by atoms with Crippen molar-refractivity contribution >= 4 is 17.3 Å². The number of carbonyl (C=O) groups is 1. The number of hydrogen-bond acceptors (Lipinski definition) is 4. The van der Waals surface area contributed by atoms with Crippen LogP contribution in [0.3, 0.4) is 0 Å². The Morgan fingerprint density at radius 2 is 2.33 bits per heavy atom. The molecule has 94 valence electrons. The zero-order valence-electron chi connectivity index (χ0n) is 9.27. The highest BCUT2D eigenvalue weighted by atomic mass is 19.1. The van der Waals surface area contributed by atoms with Crippen LogP contribution >= 0.6 is 0 Å². The van der Waals surface area contributed by atoms with Crippen molar-refractivity contribution in [1.82, 2.24) is 9.97 Å². The fourth-order valence-electron chi connectivity index (χ4n) is 1.48. The third-order valence-corrected chi connectivity index (χ3v) is 2.37. The molecule has 0 radical (unpaired) electrons. The molecular weight excluding hydrogens is 239 g/mol. The van der Waals surface area contributed by atoms with Gasteiger partial charge in [-0.15, -0.1) is 0 Å². The summed E-state index contributed by atoms with van der Waals surface area (Å²) < 4.78 is 13.4. The number of aromatic carboxylic acids is 1. The fourth-order valence-corrected chi connectivity index (χ4v) is 1.48. The number of nitrogens with two attached hydrogens (primary N) is 1. The molecule has 5 N–H and O–H groups in total. The average molecular weight is 250 g/mol. The van der Waals surface area contributed by atoms with Gasteiger partial charge in [0.05, 0.1) is 23.5 Å². The summed E-state index contributed by atoms with van der Waals surface area (Å²) in [4.78, 5) is 17.6. The zero-order valence-corrected chi connectivity index (χ0v) is 9.27. The van der Waals surface area contributed by atoms with Crippen molar-refractivity contribution < 1.29 is 14.3 Å². The molecule has 0 bridgehead atoms. The minimum Gasteiger partial charge on any atom is -0.478 e. The highest BCUT2D eigenvalue weighted by Gasteiger charge is 2.13. The number of carboxylic acid groups (broad SMARTS) is 1. The molecule has 6 nitrogen and oxygen atoms in total. The normalized spacial score (nSPS) is 10.3. The number of H-pyrrole nitrogens is 1. The van der Waals surface area contributed by atoms with Crippen LogP contribution in [0, 0.1) is 5.82 Å². The first-order valence-electron chi connectivity index (χ1n) is 5.12. The van der Waals surface area contributed by atoms with E-state index in [0.29, 0.717) is 18.1 Å². The number of hydrogen-bond donors (Lipinski definition) is 4. The Balaban J connectivity index is 2.19. The maximum atomic E-state index is 13.4. The van der Waals surface area contributed by atoms with Crippen LogP contribution in [0.1, 0.15) is 16.2 Å². The van der Waals surface area contributed by atoms with Gasteiger partial charge in [0, 0.05) is 12.4 Å². The molecule has 0 spiro atoms. The minimum atomic E-state index is -1.35. The van der Waals surface area contributed by atoms with E-state index in [4.69, 9.17) is 10.8 Å².